The minimum atomic E-state index is -1.05. The third-order valence-corrected chi connectivity index (χ3v) is 7.98. The van der Waals surface area contributed by atoms with Gasteiger partial charge in [0.05, 0.1) is 0 Å². The fourth-order valence-corrected chi connectivity index (χ4v) is 5.45. The third kappa shape index (κ3) is 9.42. The SMILES string of the molecule is CCCCCCCCN1C(=O)[C@@](Cc2ccccc2)(c2ccc(CNCCCC)cc2)N(C)C(=O)[C@@H]1C.CNC=O. The Morgan fingerprint density at radius 1 is 0.854 bits per heavy atom. The van der Waals surface area contributed by atoms with Crippen molar-refractivity contribution < 1.29 is 14.4 Å². The standard InChI is InChI=1S/C32H47N3O2.C2H5NO/c1-5-7-9-10-11-15-23-35-26(3)30(36)34(4)32(31(35)37,24-27-16-13-12-14-17-27)29-20-18-28(19-21-29)25-33-22-8-6-2;1-3-2-4/h12-14,16-21,26,33H,5-11,15,22-25H2,1-4H3;2H,1H3,(H,3,4)/t26-,32+;/m0./s1. The summed E-state index contributed by atoms with van der Waals surface area (Å²) in [7, 11) is 3.37. The van der Waals surface area contributed by atoms with Gasteiger partial charge in [-0.25, -0.2) is 0 Å². The van der Waals surface area contributed by atoms with Crippen LogP contribution in [0, 0.1) is 0 Å². The molecule has 0 radical (unpaired) electrons. The zero-order valence-electron chi connectivity index (χ0n) is 26.0. The number of hydrogen-bond donors (Lipinski definition) is 2. The molecule has 1 fully saturated rings. The van der Waals surface area contributed by atoms with Gasteiger partial charge >= 0.3 is 0 Å². The average molecular weight is 565 g/mol. The van der Waals surface area contributed by atoms with Crippen molar-refractivity contribution in [3.05, 3.63) is 71.3 Å². The van der Waals surface area contributed by atoms with Crippen molar-refractivity contribution in [3.63, 3.8) is 0 Å². The molecule has 226 valence electrons. The Morgan fingerprint density at radius 3 is 2.07 bits per heavy atom. The molecule has 2 aromatic carbocycles. The van der Waals surface area contributed by atoms with Crippen molar-refractivity contribution in [2.24, 2.45) is 0 Å². The zero-order valence-corrected chi connectivity index (χ0v) is 26.0. The van der Waals surface area contributed by atoms with Crippen LogP contribution in [0.15, 0.2) is 54.6 Å². The number of carbonyl (C=O) groups excluding carboxylic acids is 3. The second-order valence-corrected chi connectivity index (χ2v) is 11.0. The van der Waals surface area contributed by atoms with E-state index in [9.17, 15) is 9.59 Å². The molecule has 1 heterocycles. The molecule has 3 amide bonds. The molecule has 1 aliphatic rings. The number of unbranched alkanes of at least 4 members (excludes halogenated alkanes) is 6. The predicted octanol–water partition coefficient (Wildman–Crippen LogP) is 5.43. The Kier molecular flexibility index (Phi) is 15.2. The monoisotopic (exact) mass is 564 g/mol. The Balaban J connectivity index is 0.00000138. The molecular formula is C34H52N4O3. The van der Waals surface area contributed by atoms with Crippen LogP contribution in [-0.2, 0) is 32.9 Å². The van der Waals surface area contributed by atoms with Gasteiger partial charge in [0, 0.05) is 33.6 Å². The van der Waals surface area contributed by atoms with Crippen LogP contribution in [0.4, 0.5) is 0 Å². The maximum Gasteiger partial charge on any atom is 0.254 e. The number of nitrogens with one attached hydrogen (secondary N) is 2. The highest BCUT2D eigenvalue weighted by Crippen LogP contribution is 2.39. The summed E-state index contributed by atoms with van der Waals surface area (Å²) in [4.78, 5) is 40.7. The van der Waals surface area contributed by atoms with Gasteiger partial charge in [0.1, 0.15) is 6.04 Å². The summed E-state index contributed by atoms with van der Waals surface area (Å²) in [6.07, 6.45) is 10.3. The smallest absolute Gasteiger partial charge is 0.254 e. The highest BCUT2D eigenvalue weighted by molar-refractivity contribution is 6.00. The normalized spacial score (nSPS) is 18.6. The number of rotatable bonds is 16. The van der Waals surface area contributed by atoms with Gasteiger partial charge in [-0.2, -0.15) is 0 Å². The van der Waals surface area contributed by atoms with Crippen LogP contribution in [0.3, 0.4) is 0 Å². The second-order valence-electron chi connectivity index (χ2n) is 11.0. The predicted molar refractivity (Wildman–Crippen MR) is 167 cm³/mol. The summed E-state index contributed by atoms with van der Waals surface area (Å²) in [5.74, 6) is 0.0418. The molecule has 0 saturated carbocycles. The number of piperazine rings is 1. The summed E-state index contributed by atoms with van der Waals surface area (Å²) in [5, 5.41) is 5.74. The van der Waals surface area contributed by atoms with E-state index < -0.39 is 11.6 Å². The van der Waals surface area contributed by atoms with E-state index in [1.807, 2.05) is 37.1 Å². The number of amides is 3. The summed E-state index contributed by atoms with van der Waals surface area (Å²) in [5.41, 5.74) is 2.06. The molecule has 41 heavy (non-hydrogen) atoms. The van der Waals surface area contributed by atoms with Gasteiger partial charge in [-0.1, -0.05) is 107 Å². The van der Waals surface area contributed by atoms with E-state index in [0.717, 1.165) is 43.5 Å². The number of nitrogens with zero attached hydrogens (tertiary/aromatic N) is 2. The van der Waals surface area contributed by atoms with Crippen LogP contribution in [0.25, 0.3) is 0 Å². The first-order valence-corrected chi connectivity index (χ1v) is 15.4. The van der Waals surface area contributed by atoms with E-state index in [-0.39, 0.29) is 11.8 Å². The molecule has 0 bridgehead atoms. The Morgan fingerprint density at radius 2 is 1.46 bits per heavy atom. The number of hydrogen-bond acceptors (Lipinski definition) is 4. The Bertz CT molecular complexity index is 1040. The lowest BCUT2D eigenvalue weighted by molar-refractivity contribution is -0.169. The highest BCUT2D eigenvalue weighted by Gasteiger charge is 2.54. The molecule has 2 atom stereocenters. The van der Waals surface area contributed by atoms with Crippen LogP contribution in [0.5, 0.6) is 0 Å². The molecule has 0 unspecified atom stereocenters. The molecule has 7 heteroatoms. The first-order chi connectivity index (χ1) is 19.9. The summed E-state index contributed by atoms with van der Waals surface area (Å²) < 4.78 is 0. The Labute approximate surface area is 248 Å². The van der Waals surface area contributed by atoms with Gasteiger partial charge in [-0.15, -0.1) is 0 Å². The van der Waals surface area contributed by atoms with Gasteiger partial charge in [-0.05, 0) is 43.0 Å². The van der Waals surface area contributed by atoms with E-state index in [1.54, 1.807) is 11.9 Å². The molecule has 2 aromatic rings. The minimum Gasteiger partial charge on any atom is -0.362 e. The first-order valence-electron chi connectivity index (χ1n) is 15.4. The van der Waals surface area contributed by atoms with Crippen molar-refractivity contribution in [3.8, 4) is 0 Å². The number of likely N-dealkylation sites (N-methyl/N-ethyl adjacent to an activating group) is 1. The lowest BCUT2D eigenvalue weighted by Crippen LogP contribution is -2.69. The lowest BCUT2D eigenvalue weighted by Gasteiger charge is -2.51. The van der Waals surface area contributed by atoms with Gasteiger partial charge in [-0.3, -0.25) is 14.4 Å². The fraction of sp³-hybridized carbons (Fsp3) is 0.559. The van der Waals surface area contributed by atoms with Crippen molar-refractivity contribution >= 4 is 18.2 Å². The van der Waals surface area contributed by atoms with E-state index in [4.69, 9.17) is 4.79 Å². The number of benzene rings is 2. The van der Waals surface area contributed by atoms with Crippen molar-refractivity contribution in [2.45, 2.75) is 96.7 Å². The van der Waals surface area contributed by atoms with E-state index >= 15 is 0 Å². The van der Waals surface area contributed by atoms with E-state index in [1.165, 1.54) is 37.7 Å². The largest absolute Gasteiger partial charge is 0.362 e. The van der Waals surface area contributed by atoms with Crippen LogP contribution in [0.2, 0.25) is 0 Å². The van der Waals surface area contributed by atoms with Crippen LogP contribution >= 0.6 is 0 Å². The average Bonchev–Trinajstić information content (AvgIpc) is 3.00. The molecular weight excluding hydrogens is 512 g/mol. The van der Waals surface area contributed by atoms with Crippen LogP contribution in [0.1, 0.15) is 88.8 Å². The molecule has 0 aromatic heterocycles. The van der Waals surface area contributed by atoms with Crippen molar-refractivity contribution in [2.75, 3.05) is 27.2 Å². The molecule has 1 saturated heterocycles. The van der Waals surface area contributed by atoms with Gasteiger partial charge in [0.2, 0.25) is 12.3 Å². The van der Waals surface area contributed by atoms with Gasteiger partial charge in [0.15, 0.2) is 5.54 Å². The summed E-state index contributed by atoms with van der Waals surface area (Å²) in [6, 6.07) is 18.0. The van der Waals surface area contributed by atoms with Crippen molar-refractivity contribution in [1.29, 1.82) is 0 Å². The molecule has 7 nitrogen and oxygen atoms in total. The van der Waals surface area contributed by atoms with Crippen molar-refractivity contribution in [1.82, 2.24) is 20.4 Å². The van der Waals surface area contributed by atoms with Gasteiger partial charge in [0.25, 0.3) is 5.91 Å². The summed E-state index contributed by atoms with van der Waals surface area (Å²) in [6.45, 7) is 8.72. The lowest BCUT2D eigenvalue weighted by atomic mass is 9.78. The fourth-order valence-electron chi connectivity index (χ4n) is 5.45. The maximum absolute atomic E-state index is 14.4. The molecule has 2 N–H and O–H groups in total. The maximum atomic E-state index is 14.4. The second kappa shape index (κ2) is 18.3. The zero-order chi connectivity index (χ0) is 30.1. The molecule has 3 rings (SSSR count). The van der Waals surface area contributed by atoms with Crippen LogP contribution in [-0.4, -0.2) is 61.3 Å². The van der Waals surface area contributed by atoms with Gasteiger partial charge < -0.3 is 20.4 Å². The topological polar surface area (TPSA) is 81.8 Å². The molecule has 1 aliphatic heterocycles. The molecule has 0 spiro atoms. The third-order valence-electron chi connectivity index (χ3n) is 7.98. The first kappa shape index (κ1) is 34.0. The minimum absolute atomic E-state index is 0.00632. The van der Waals surface area contributed by atoms with E-state index in [2.05, 4.69) is 60.9 Å². The van der Waals surface area contributed by atoms with E-state index in [0.29, 0.717) is 19.4 Å². The quantitative estimate of drug-likeness (QED) is 0.211. The molecule has 0 aliphatic carbocycles. The van der Waals surface area contributed by atoms with Crippen LogP contribution < -0.4 is 10.6 Å². The summed E-state index contributed by atoms with van der Waals surface area (Å²) >= 11 is 0. The number of carbonyl (C=O) groups is 3. The Hall–Kier alpha value is -3.19. The highest BCUT2D eigenvalue weighted by atomic mass is 16.2.